The van der Waals surface area contributed by atoms with Crippen LogP contribution in [0.15, 0.2) is 84.9 Å². The number of hydrogen-bond acceptors (Lipinski definition) is 3. The molecule has 3 amide bonds. The summed E-state index contributed by atoms with van der Waals surface area (Å²) in [6.07, 6.45) is 0.185. The molecule has 0 radical (unpaired) electrons. The van der Waals surface area contributed by atoms with Crippen molar-refractivity contribution in [3.05, 3.63) is 102 Å². The van der Waals surface area contributed by atoms with Crippen molar-refractivity contribution in [3.8, 4) is 5.75 Å². The van der Waals surface area contributed by atoms with Gasteiger partial charge >= 0.3 is 6.03 Å². The molecule has 3 aromatic carbocycles. The molecule has 1 unspecified atom stereocenters. The highest BCUT2D eigenvalue weighted by Gasteiger charge is 2.17. The van der Waals surface area contributed by atoms with Crippen molar-refractivity contribution < 1.29 is 14.3 Å². The number of urea groups is 1. The van der Waals surface area contributed by atoms with E-state index >= 15 is 0 Å². The second kappa shape index (κ2) is 11.6. The molecule has 0 saturated carbocycles. The highest BCUT2D eigenvalue weighted by molar-refractivity contribution is 5.79. The summed E-state index contributed by atoms with van der Waals surface area (Å²) in [6, 6.07) is 26.7. The maximum Gasteiger partial charge on any atom is 0.317 e. The third-order valence-corrected chi connectivity index (χ3v) is 5.12. The first kappa shape index (κ1) is 22.9. The zero-order chi connectivity index (χ0) is 22.8. The fourth-order valence-corrected chi connectivity index (χ4v) is 3.38. The monoisotopic (exact) mass is 431 g/mol. The van der Waals surface area contributed by atoms with E-state index in [2.05, 4.69) is 10.6 Å². The fourth-order valence-electron chi connectivity index (χ4n) is 3.38. The van der Waals surface area contributed by atoms with Crippen molar-refractivity contribution >= 4 is 11.9 Å². The molecule has 0 spiro atoms. The topological polar surface area (TPSA) is 70.7 Å². The number of nitrogens with one attached hydrogen (secondary N) is 2. The standard InChI is InChI=1S/C26H29N3O3/c1-29(19-20-9-5-3-6-10-20)26(31)27-18-17-24(30)28-25(21-11-7-4-8-12-21)22-13-15-23(32-2)16-14-22/h3-16,25H,17-19H2,1-2H3,(H,27,31)(H,28,30). The third kappa shape index (κ3) is 6.60. The van der Waals surface area contributed by atoms with Gasteiger partial charge in [-0.1, -0.05) is 72.8 Å². The number of ether oxygens (including phenoxy) is 1. The van der Waals surface area contributed by atoms with Crippen LogP contribution in [0.2, 0.25) is 0 Å². The summed E-state index contributed by atoms with van der Waals surface area (Å²) in [5.74, 6) is 0.620. The molecule has 0 bridgehead atoms. The van der Waals surface area contributed by atoms with Gasteiger partial charge in [-0.25, -0.2) is 4.79 Å². The Morgan fingerprint density at radius 2 is 1.47 bits per heavy atom. The van der Waals surface area contributed by atoms with Crippen LogP contribution in [0.25, 0.3) is 0 Å². The molecule has 0 aromatic heterocycles. The zero-order valence-electron chi connectivity index (χ0n) is 18.5. The van der Waals surface area contributed by atoms with Gasteiger partial charge in [-0.15, -0.1) is 0 Å². The lowest BCUT2D eigenvalue weighted by atomic mass is 9.98. The Morgan fingerprint density at radius 1 is 0.875 bits per heavy atom. The molecule has 0 saturated heterocycles. The lowest BCUT2D eigenvalue weighted by Crippen LogP contribution is -2.39. The molecule has 6 nitrogen and oxygen atoms in total. The molecule has 3 rings (SSSR count). The first-order valence-electron chi connectivity index (χ1n) is 10.6. The number of benzene rings is 3. The number of hydrogen-bond donors (Lipinski definition) is 2. The van der Waals surface area contributed by atoms with Crippen LogP contribution in [0.3, 0.4) is 0 Å². The summed E-state index contributed by atoms with van der Waals surface area (Å²) in [4.78, 5) is 26.6. The normalized spacial score (nSPS) is 11.3. The zero-order valence-corrected chi connectivity index (χ0v) is 18.5. The second-order valence-electron chi connectivity index (χ2n) is 7.51. The Kier molecular flexibility index (Phi) is 8.26. The maximum atomic E-state index is 12.7. The summed E-state index contributed by atoms with van der Waals surface area (Å²) < 4.78 is 5.24. The molecule has 0 heterocycles. The van der Waals surface area contributed by atoms with Crippen molar-refractivity contribution in [2.24, 2.45) is 0 Å². The summed E-state index contributed by atoms with van der Waals surface area (Å²) >= 11 is 0. The first-order valence-corrected chi connectivity index (χ1v) is 10.6. The molecule has 32 heavy (non-hydrogen) atoms. The van der Waals surface area contributed by atoms with E-state index in [9.17, 15) is 9.59 Å². The van der Waals surface area contributed by atoms with E-state index in [0.717, 1.165) is 22.4 Å². The largest absolute Gasteiger partial charge is 0.497 e. The van der Waals surface area contributed by atoms with Gasteiger partial charge in [0, 0.05) is 26.6 Å². The van der Waals surface area contributed by atoms with Crippen molar-refractivity contribution in [2.45, 2.75) is 19.0 Å². The average molecular weight is 432 g/mol. The fraction of sp³-hybridized carbons (Fsp3) is 0.231. The second-order valence-corrected chi connectivity index (χ2v) is 7.51. The van der Waals surface area contributed by atoms with E-state index in [1.54, 1.807) is 19.1 Å². The highest BCUT2D eigenvalue weighted by atomic mass is 16.5. The van der Waals surface area contributed by atoms with Gasteiger partial charge in [0.05, 0.1) is 13.2 Å². The van der Waals surface area contributed by atoms with Crippen molar-refractivity contribution in [1.29, 1.82) is 0 Å². The van der Waals surface area contributed by atoms with E-state index in [-0.39, 0.29) is 30.9 Å². The van der Waals surface area contributed by atoms with Crippen molar-refractivity contribution in [2.75, 3.05) is 20.7 Å². The van der Waals surface area contributed by atoms with E-state index in [0.29, 0.717) is 6.54 Å². The van der Waals surface area contributed by atoms with Crippen LogP contribution in [0.5, 0.6) is 5.75 Å². The van der Waals surface area contributed by atoms with Crippen LogP contribution >= 0.6 is 0 Å². The Bertz CT molecular complexity index is 992. The lowest BCUT2D eigenvalue weighted by molar-refractivity contribution is -0.121. The molecular formula is C26H29N3O3. The van der Waals surface area contributed by atoms with Gasteiger partial charge in [0.1, 0.15) is 5.75 Å². The van der Waals surface area contributed by atoms with E-state index in [4.69, 9.17) is 4.74 Å². The SMILES string of the molecule is COc1ccc(C(NC(=O)CCNC(=O)N(C)Cc2ccccc2)c2ccccc2)cc1. The molecule has 1 atom stereocenters. The molecule has 3 aromatic rings. The van der Waals surface area contributed by atoms with Gasteiger partial charge in [-0.05, 0) is 28.8 Å². The minimum Gasteiger partial charge on any atom is -0.497 e. The van der Waals surface area contributed by atoms with Gasteiger partial charge < -0.3 is 20.3 Å². The number of carbonyl (C=O) groups excluding carboxylic acids is 2. The van der Waals surface area contributed by atoms with Crippen molar-refractivity contribution in [1.82, 2.24) is 15.5 Å². The van der Waals surface area contributed by atoms with E-state index in [1.165, 1.54) is 0 Å². The molecule has 0 aliphatic carbocycles. The van der Waals surface area contributed by atoms with Gasteiger partial charge in [-0.2, -0.15) is 0 Å². The average Bonchev–Trinajstić information content (AvgIpc) is 2.83. The van der Waals surface area contributed by atoms with Crippen LogP contribution in [0.4, 0.5) is 4.79 Å². The van der Waals surface area contributed by atoms with Gasteiger partial charge in [-0.3, -0.25) is 4.79 Å². The van der Waals surface area contributed by atoms with Crippen LogP contribution in [-0.4, -0.2) is 37.5 Å². The summed E-state index contributed by atoms with van der Waals surface area (Å²) in [5.41, 5.74) is 2.99. The van der Waals surface area contributed by atoms with Gasteiger partial charge in [0.15, 0.2) is 0 Å². The summed E-state index contributed by atoms with van der Waals surface area (Å²) in [6.45, 7) is 0.764. The smallest absolute Gasteiger partial charge is 0.317 e. The number of amides is 3. The quantitative estimate of drug-likeness (QED) is 0.535. The number of rotatable bonds is 9. The summed E-state index contributed by atoms with van der Waals surface area (Å²) in [5, 5.41) is 5.90. The van der Waals surface area contributed by atoms with Crippen LogP contribution in [0, 0.1) is 0 Å². The molecule has 0 fully saturated rings. The maximum absolute atomic E-state index is 12.7. The minimum absolute atomic E-state index is 0.138. The first-order chi connectivity index (χ1) is 15.6. The lowest BCUT2D eigenvalue weighted by Gasteiger charge is -2.21. The molecule has 0 aliphatic heterocycles. The predicted octanol–water partition coefficient (Wildman–Crippen LogP) is 4.13. The molecule has 166 valence electrons. The summed E-state index contributed by atoms with van der Waals surface area (Å²) in [7, 11) is 3.36. The van der Waals surface area contributed by atoms with E-state index in [1.807, 2.05) is 84.9 Å². The van der Waals surface area contributed by atoms with Crippen LogP contribution in [-0.2, 0) is 11.3 Å². The van der Waals surface area contributed by atoms with Crippen LogP contribution in [0.1, 0.15) is 29.2 Å². The third-order valence-electron chi connectivity index (χ3n) is 5.12. The Balaban J connectivity index is 1.55. The molecule has 2 N–H and O–H groups in total. The Hall–Kier alpha value is -3.80. The van der Waals surface area contributed by atoms with E-state index < -0.39 is 0 Å². The van der Waals surface area contributed by atoms with Crippen molar-refractivity contribution in [3.63, 3.8) is 0 Å². The Morgan fingerprint density at radius 3 is 2.09 bits per heavy atom. The number of methoxy groups -OCH3 is 1. The van der Waals surface area contributed by atoms with Crippen LogP contribution < -0.4 is 15.4 Å². The Labute approximate surface area is 189 Å². The van der Waals surface area contributed by atoms with Gasteiger partial charge in [0.2, 0.25) is 5.91 Å². The highest BCUT2D eigenvalue weighted by Crippen LogP contribution is 2.24. The van der Waals surface area contributed by atoms with Gasteiger partial charge in [0.25, 0.3) is 0 Å². The molecule has 0 aliphatic rings. The predicted molar refractivity (Wildman–Crippen MR) is 125 cm³/mol. The molecular weight excluding hydrogens is 402 g/mol. The molecule has 6 heteroatoms. The number of carbonyl (C=O) groups is 2. The number of nitrogens with zero attached hydrogens (tertiary/aromatic N) is 1. The minimum atomic E-state index is -0.286.